The van der Waals surface area contributed by atoms with E-state index in [4.69, 9.17) is 0 Å². The van der Waals surface area contributed by atoms with Crippen molar-refractivity contribution < 1.29 is 4.79 Å². The highest BCUT2D eigenvalue weighted by atomic mass is 16.2. The number of amides is 1. The summed E-state index contributed by atoms with van der Waals surface area (Å²) in [7, 11) is 0. The number of piperidine rings is 2. The second-order valence-electron chi connectivity index (χ2n) is 6.56. The molecule has 3 heterocycles. The molecule has 2 unspecified atom stereocenters. The van der Waals surface area contributed by atoms with Gasteiger partial charge in [0.1, 0.15) is 0 Å². The van der Waals surface area contributed by atoms with Gasteiger partial charge in [-0.05, 0) is 44.2 Å². The third kappa shape index (κ3) is 3.10. The first kappa shape index (κ1) is 14.5. The van der Waals surface area contributed by atoms with E-state index in [9.17, 15) is 4.79 Å². The Balaban J connectivity index is 1.66. The van der Waals surface area contributed by atoms with Gasteiger partial charge >= 0.3 is 0 Å². The molecule has 1 aromatic heterocycles. The Kier molecular flexibility index (Phi) is 4.24. The van der Waals surface area contributed by atoms with Crippen LogP contribution in [-0.2, 0) is 0 Å². The molecule has 116 valence electrons. The Morgan fingerprint density at radius 1 is 1.24 bits per heavy atom. The van der Waals surface area contributed by atoms with E-state index in [1.54, 1.807) is 0 Å². The van der Waals surface area contributed by atoms with E-state index in [0.29, 0.717) is 23.6 Å². The minimum Gasteiger partial charge on any atom is -0.337 e. The van der Waals surface area contributed by atoms with Crippen LogP contribution in [0.2, 0.25) is 0 Å². The summed E-state index contributed by atoms with van der Waals surface area (Å²) in [6.07, 6.45) is 5.01. The van der Waals surface area contributed by atoms with Gasteiger partial charge in [-0.2, -0.15) is 0 Å². The van der Waals surface area contributed by atoms with Crippen molar-refractivity contribution in [3.63, 3.8) is 0 Å². The molecule has 2 aliphatic heterocycles. The van der Waals surface area contributed by atoms with Crippen molar-refractivity contribution >= 4 is 5.91 Å². The average Bonchev–Trinajstić information content (AvgIpc) is 3.00. The van der Waals surface area contributed by atoms with Crippen LogP contribution in [0.4, 0.5) is 0 Å². The number of hydrogen-bond donors (Lipinski definition) is 1. The van der Waals surface area contributed by atoms with E-state index < -0.39 is 0 Å². The molecule has 2 fully saturated rings. The van der Waals surface area contributed by atoms with Crippen molar-refractivity contribution in [1.29, 1.82) is 0 Å². The molecule has 2 atom stereocenters. The van der Waals surface area contributed by atoms with Crippen LogP contribution in [-0.4, -0.2) is 52.0 Å². The van der Waals surface area contributed by atoms with Crippen molar-refractivity contribution in [3.05, 3.63) is 11.9 Å². The molecule has 0 aliphatic carbocycles. The standard InChI is InChI=1S/C15H25N5O/c1-11-5-8-19(9-12(11)2)15(21)14-10-20(18-17-14)13-3-6-16-7-4-13/h10-13,16H,3-9H2,1-2H3. The van der Waals surface area contributed by atoms with Gasteiger partial charge < -0.3 is 10.2 Å². The van der Waals surface area contributed by atoms with E-state index in [1.165, 1.54) is 0 Å². The van der Waals surface area contributed by atoms with Crippen molar-refractivity contribution in [3.8, 4) is 0 Å². The molecule has 1 amide bonds. The Bertz CT molecular complexity index is 494. The van der Waals surface area contributed by atoms with Gasteiger partial charge in [0.05, 0.1) is 12.2 Å². The quantitative estimate of drug-likeness (QED) is 0.892. The highest BCUT2D eigenvalue weighted by Crippen LogP contribution is 2.24. The number of hydrogen-bond acceptors (Lipinski definition) is 4. The SMILES string of the molecule is CC1CCN(C(=O)c2cn(C3CCNCC3)nn2)CC1C. The van der Waals surface area contributed by atoms with Crippen molar-refractivity contribution in [1.82, 2.24) is 25.2 Å². The van der Waals surface area contributed by atoms with Gasteiger partial charge in [-0.3, -0.25) is 4.79 Å². The number of aromatic nitrogens is 3. The fraction of sp³-hybridized carbons (Fsp3) is 0.800. The lowest BCUT2D eigenvalue weighted by Crippen LogP contribution is -2.42. The monoisotopic (exact) mass is 291 g/mol. The lowest BCUT2D eigenvalue weighted by Gasteiger charge is -2.34. The highest BCUT2D eigenvalue weighted by Gasteiger charge is 2.28. The van der Waals surface area contributed by atoms with Crippen molar-refractivity contribution in [2.75, 3.05) is 26.2 Å². The largest absolute Gasteiger partial charge is 0.337 e. The Morgan fingerprint density at radius 3 is 2.71 bits per heavy atom. The van der Waals surface area contributed by atoms with Crippen LogP contribution in [0.3, 0.4) is 0 Å². The zero-order valence-electron chi connectivity index (χ0n) is 13.0. The summed E-state index contributed by atoms with van der Waals surface area (Å²) in [5.74, 6) is 1.29. The van der Waals surface area contributed by atoms with Gasteiger partial charge in [0, 0.05) is 13.1 Å². The van der Waals surface area contributed by atoms with Crippen LogP contribution in [0.25, 0.3) is 0 Å². The van der Waals surface area contributed by atoms with E-state index in [2.05, 4.69) is 29.5 Å². The van der Waals surface area contributed by atoms with Crippen LogP contribution < -0.4 is 5.32 Å². The molecule has 6 nitrogen and oxygen atoms in total. The minimum absolute atomic E-state index is 0.0361. The average molecular weight is 291 g/mol. The second-order valence-corrected chi connectivity index (χ2v) is 6.56. The molecule has 2 aliphatic rings. The van der Waals surface area contributed by atoms with Crippen molar-refractivity contribution in [2.24, 2.45) is 11.8 Å². The normalized spacial score (nSPS) is 27.8. The third-order valence-corrected chi connectivity index (χ3v) is 5.03. The molecular weight excluding hydrogens is 266 g/mol. The lowest BCUT2D eigenvalue weighted by molar-refractivity contribution is 0.0621. The van der Waals surface area contributed by atoms with Gasteiger partial charge in [-0.15, -0.1) is 5.10 Å². The number of carbonyl (C=O) groups is 1. The molecule has 6 heteroatoms. The first-order valence-electron chi connectivity index (χ1n) is 8.07. The van der Waals surface area contributed by atoms with Crippen LogP contribution in [0.15, 0.2) is 6.20 Å². The summed E-state index contributed by atoms with van der Waals surface area (Å²) >= 11 is 0. The molecule has 2 saturated heterocycles. The summed E-state index contributed by atoms with van der Waals surface area (Å²) in [4.78, 5) is 14.5. The number of nitrogens with zero attached hydrogens (tertiary/aromatic N) is 4. The van der Waals surface area contributed by atoms with Crippen LogP contribution >= 0.6 is 0 Å². The summed E-state index contributed by atoms with van der Waals surface area (Å²) in [5, 5.41) is 11.6. The van der Waals surface area contributed by atoms with E-state index >= 15 is 0 Å². The topological polar surface area (TPSA) is 63.1 Å². The lowest BCUT2D eigenvalue weighted by atomic mass is 9.88. The summed E-state index contributed by atoms with van der Waals surface area (Å²) < 4.78 is 1.88. The molecular formula is C15H25N5O. The molecule has 0 bridgehead atoms. The number of nitrogens with one attached hydrogen (secondary N) is 1. The van der Waals surface area contributed by atoms with Crippen LogP contribution in [0.1, 0.15) is 49.6 Å². The molecule has 0 radical (unpaired) electrons. The second kappa shape index (κ2) is 6.13. The Hall–Kier alpha value is -1.43. The van der Waals surface area contributed by atoms with Gasteiger partial charge in [-0.25, -0.2) is 4.68 Å². The first-order valence-corrected chi connectivity index (χ1v) is 8.07. The summed E-state index contributed by atoms with van der Waals surface area (Å²) in [6.45, 7) is 8.17. The van der Waals surface area contributed by atoms with E-state index in [-0.39, 0.29) is 5.91 Å². The van der Waals surface area contributed by atoms with E-state index in [0.717, 1.165) is 45.4 Å². The van der Waals surface area contributed by atoms with E-state index in [1.807, 2.05) is 15.8 Å². The van der Waals surface area contributed by atoms with Crippen LogP contribution in [0.5, 0.6) is 0 Å². The molecule has 0 saturated carbocycles. The first-order chi connectivity index (χ1) is 10.1. The van der Waals surface area contributed by atoms with Gasteiger partial charge in [-0.1, -0.05) is 19.1 Å². The molecule has 0 aromatic carbocycles. The fourth-order valence-electron chi connectivity index (χ4n) is 3.23. The number of likely N-dealkylation sites (tertiary alicyclic amines) is 1. The zero-order valence-corrected chi connectivity index (χ0v) is 13.0. The molecule has 1 aromatic rings. The maximum absolute atomic E-state index is 12.5. The predicted molar refractivity (Wildman–Crippen MR) is 80.0 cm³/mol. The molecule has 21 heavy (non-hydrogen) atoms. The molecule has 3 rings (SSSR count). The van der Waals surface area contributed by atoms with Crippen molar-refractivity contribution in [2.45, 2.75) is 39.2 Å². The third-order valence-electron chi connectivity index (χ3n) is 5.03. The van der Waals surface area contributed by atoms with Gasteiger partial charge in [0.2, 0.25) is 0 Å². The highest BCUT2D eigenvalue weighted by molar-refractivity contribution is 5.92. The van der Waals surface area contributed by atoms with Gasteiger partial charge in [0.15, 0.2) is 5.69 Å². The summed E-state index contributed by atoms with van der Waals surface area (Å²) in [6, 6.07) is 0.376. The molecule has 1 N–H and O–H groups in total. The zero-order chi connectivity index (χ0) is 14.8. The maximum Gasteiger partial charge on any atom is 0.276 e. The van der Waals surface area contributed by atoms with Crippen LogP contribution in [0, 0.1) is 11.8 Å². The number of carbonyl (C=O) groups excluding carboxylic acids is 1. The summed E-state index contributed by atoms with van der Waals surface area (Å²) in [5.41, 5.74) is 0.496. The smallest absolute Gasteiger partial charge is 0.276 e. The Morgan fingerprint density at radius 2 is 2.00 bits per heavy atom. The fourth-order valence-corrected chi connectivity index (χ4v) is 3.23. The maximum atomic E-state index is 12.5. The molecule has 0 spiro atoms. The Labute approximate surface area is 125 Å². The number of rotatable bonds is 2. The predicted octanol–water partition coefficient (Wildman–Crippen LogP) is 1.32. The minimum atomic E-state index is 0.0361. The van der Waals surface area contributed by atoms with Gasteiger partial charge in [0.25, 0.3) is 5.91 Å².